The van der Waals surface area contributed by atoms with Crippen molar-refractivity contribution in [3.05, 3.63) is 53.6 Å². The zero-order chi connectivity index (χ0) is 14.1. The molecule has 1 aromatic carbocycles. The highest BCUT2D eigenvalue weighted by Crippen LogP contribution is 2.27. The van der Waals surface area contributed by atoms with Crippen LogP contribution in [-0.4, -0.2) is 10.9 Å². The Labute approximate surface area is 119 Å². The van der Waals surface area contributed by atoms with Gasteiger partial charge in [-0.1, -0.05) is 0 Å². The molecule has 3 rings (SSSR count). The minimum Gasteiger partial charge on any atom is -0.452 e. The van der Waals surface area contributed by atoms with E-state index in [9.17, 15) is 4.79 Å². The summed E-state index contributed by atoms with van der Waals surface area (Å²) < 4.78 is 4.90. The second-order valence-corrected chi connectivity index (χ2v) is 4.51. The number of anilines is 2. The van der Waals surface area contributed by atoms with E-state index in [1.165, 1.54) is 12.3 Å². The third-order valence-electron chi connectivity index (χ3n) is 2.91. The Morgan fingerprint density at radius 3 is 2.90 bits per heavy atom. The number of carbonyl (C=O) groups excluding carboxylic acids is 1. The molecule has 0 fully saturated rings. The van der Waals surface area contributed by atoms with Gasteiger partial charge in [-0.25, -0.2) is 0 Å². The number of nitrogens with two attached hydrogens (primary N) is 1. The van der Waals surface area contributed by atoms with Crippen LogP contribution in [0.25, 0.3) is 10.9 Å². The molecular formula is C14H10ClN3O2. The lowest BCUT2D eigenvalue weighted by atomic mass is 10.1. The quantitative estimate of drug-likeness (QED) is 0.709. The molecule has 5 nitrogen and oxygen atoms in total. The number of amides is 1. The standard InChI is InChI=1S/C14H10ClN3O2/c15-13-9(5-7-20-13)14(19)18-11-4-3-10(16)12-8(11)2-1-6-17-12/h1-7H,16H2,(H,18,19). The fourth-order valence-electron chi connectivity index (χ4n) is 1.95. The molecule has 0 aliphatic rings. The second kappa shape index (κ2) is 4.86. The SMILES string of the molecule is Nc1ccc(NC(=O)c2ccoc2Cl)c2cccnc12. The molecule has 0 aliphatic carbocycles. The van der Waals surface area contributed by atoms with Gasteiger partial charge in [0, 0.05) is 11.6 Å². The first-order valence-corrected chi connectivity index (χ1v) is 6.22. The highest BCUT2D eigenvalue weighted by Gasteiger charge is 2.14. The summed E-state index contributed by atoms with van der Waals surface area (Å²) in [5.41, 5.74) is 7.95. The highest BCUT2D eigenvalue weighted by atomic mass is 35.5. The Morgan fingerprint density at radius 1 is 1.30 bits per heavy atom. The van der Waals surface area contributed by atoms with Crippen molar-refractivity contribution < 1.29 is 9.21 Å². The van der Waals surface area contributed by atoms with Gasteiger partial charge in [0.05, 0.1) is 28.7 Å². The van der Waals surface area contributed by atoms with Crippen molar-refractivity contribution in [1.29, 1.82) is 0 Å². The number of nitrogen functional groups attached to an aromatic ring is 1. The van der Waals surface area contributed by atoms with Crippen LogP contribution in [0.4, 0.5) is 11.4 Å². The zero-order valence-corrected chi connectivity index (χ0v) is 11.0. The normalized spacial score (nSPS) is 10.7. The lowest BCUT2D eigenvalue weighted by molar-refractivity contribution is 0.102. The molecule has 100 valence electrons. The van der Waals surface area contributed by atoms with Crippen LogP contribution in [0.2, 0.25) is 5.22 Å². The molecule has 0 unspecified atom stereocenters. The second-order valence-electron chi connectivity index (χ2n) is 4.16. The number of pyridine rings is 1. The number of furan rings is 1. The lowest BCUT2D eigenvalue weighted by Crippen LogP contribution is -2.12. The first kappa shape index (κ1) is 12.5. The van der Waals surface area contributed by atoms with E-state index in [2.05, 4.69) is 10.3 Å². The third-order valence-corrected chi connectivity index (χ3v) is 3.20. The summed E-state index contributed by atoms with van der Waals surface area (Å²) in [4.78, 5) is 16.3. The summed E-state index contributed by atoms with van der Waals surface area (Å²) in [6, 6.07) is 8.55. The van der Waals surface area contributed by atoms with E-state index in [1.807, 2.05) is 6.07 Å². The van der Waals surface area contributed by atoms with Gasteiger partial charge in [0.25, 0.3) is 5.91 Å². The van der Waals surface area contributed by atoms with Crippen LogP contribution in [0.3, 0.4) is 0 Å². The lowest BCUT2D eigenvalue weighted by Gasteiger charge is -2.09. The molecule has 6 heteroatoms. The van der Waals surface area contributed by atoms with Crippen LogP contribution in [0, 0.1) is 0 Å². The van der Waals surface area contributed by atoms with E-state index in [1.54, 1.807) is 24.4 Å². The molecule has 0 bridgehead atoms. The maximum atomic E-state index is 12.1. The van der Waals surface area contributed by atoms with E-state index in [-0.39, 0.29) is 16.7 Å². The summed E-state index contributed by atoms with van der Waals surface area (Å²) in [5, 5.41) is 3.60. The van der Waals surface area contributed by atoms with E-state index in [0.717, 1.165) is 5.39 Å². The molecule has 2 heterocycles. The number of nitrogens with one attached hydrogen (secondary N) is 1. The van der Waals surface area contributed by atoms with E-state index in [0.29, 0.717) is 16.9 Å². The first-order chi connectivity index (χ1) is 9.66. The Bertz CT molecular complexity index is 798. The number of halogens is 1. The van der Waals surface area contributed by atoms with Gasteiger partial charge in [-0.05, 0) is 41.9 Å². The molecular weight excluding hydrogens is 278 g/mol. The summed E-state index contributed by atoms with van der Waals surface area (Å²) in [5.74, 6) is -0.348. The Morgan fingerprint density at radius 2 is 2.15 bits per heavy atom. The fourth-order valence-corrected chi connectivity index (χ4v) is 2.15. The molecule has 3 N–H and O–H groups in total. The van der Waals surface area contributed by atoms with Crippen molar-refractivity contribution in [2.24, 2.45) is 0 Å². The number of hydrogen-bond acceptors (Lipinski definition) is 4. The summed E-state index contributed by atoms with van der Waals surface area (Å²) >= 11 is 5.78. The average molecular weight is 288 g/mol. The maximum Gasteiger partial charge on any atom is 0.260 e. The van der Waals surface area contributed by atoms with E-state index in [4.69, 9.17) is 21.8 Å². The van der Waals surface area contributed by atoms with Crippen LogP contribution >= 0.6 is 11.6 Å². The molecule has 0 aliphatic heterocycles. The minimum absolute atomic E-state index is 0.0559. The zero-order valence-electron chi connectivity index (χ0n) is 10.3. The van der Waals surface area contributed by atoms with Gasteiger partial charge in [-0.3, -0.25) is 9.78 Å². The topological polar surface area (TPSA) is 81.1 Å². The molecule has 0 radical (unpaired) electrons. The van der Waals surface area contributed by atoms with Crippen LogP contribution in [0.5, 0.6) is 0 Å². The number of carbonyl (C=O) groups is 1. The summed E-state index contributed by atoms with van der Waals surface area (Å²) in [7, 11) is 0. The molecule has 20 heavy (non-hydrogen) atoms. The van der Waals surface area contributed by atoms with Crippen LogP contribution in [-0.2, 0) is 0 Å². The van der Waals surface area contributed by atoms with Crippen LogP contribution in [0.1, 0.15) is 10.4 Å². The van der Waals surface area contributed by atoms with Crippen molar-refractivity contribution in [1.82, 2.24) is 4.98 Å². The predicted molar refractivity (Wildman–Crippen MR) is 77.8 cm³/mol. The summed E-state index contributed by atoms with van der Waals surface area (Å²) in [6.45, 7) is 0. The van der Waals surface area contributed by atoms with Gasteiger partial charge in [-0.2, -0.15) is 0 Å². The Balaban J connectivity index is 2.02. The summed E-state index contributed by atoms with van der Waals surface area (Å²) in [6.07, 6.45) is 3.01. The van der Waals surface area contributed by atoms with Gasteiger partial charge in [0.1, 0.15) is 0 Å². The van der Waals surface area contributed by atoms with Crippen LogP contribution < -0.4 is 11.1 Å². The number of rotatable bonds is 2. The van der Waals surface area contributed by atoms with Crippen LogP contribution in [0.15, 0.2) is 47.2 Å². The number of nitrogens with zero attached hydrogens (tertiary/aromatic N) is 1. The monoisotopic (exact) mass is 287 g/mol. The number of benzene rings is 1. The van der Waals surface area contributed by atoms with Gasteiger partial charge in [0.15, 0.2) is 0 Å². The third kappa shape index (κ3) is 2.08. The average Bonchev–Trinajstić information content (AvgIpc) is 2.88. The maximum absolute atomic E-state index is 12.1. The smallest absolute Gasteiger partial charge is 0.260 e. The number of hydrogen-bond donors (Lipinski definition) is 2. The van der Waals surface area contributed by atoms with Crippen molar-refractivity contribution in [3.63, 3.8) is 0 Å². The molecule has 2 aromatic heterocycles. The van der Waals surface area contributed by atoms with E-state index < -0.39 is 0 Å². The Kier molecular flexibility index (Phi) is 3.04. The fraction of sp³-hybridized carbons (Fsp3) is 0. The van der Waals surface area contributed by atoms with Gasteiger partial charge in [0.2, 0.25) is 5.22 Å². The molecule has 0 saturated heterocycles. The molecule has 0 saturated carbocycles. The Hall–Kier alpha value is -2.53. The molecule has 1 amide bonds. The largest absolute Gasteiger partial charge is 0.452 e. The van der Waals surface area contributed by atoms with Gasteiger partial charge < -0.3 is 15.5 Å². The van der Waals surface area contributed by atoms with Crippen molar-refractivity contribution >= 4 is 39.8 Å². The van der Waals surface area contributed by atoms with Crippen molar-refractivity contribution in [3.8, 4) is 0 Å². The van der Waals surface area contributed by atoms with Gasteiger partial charge in [-0.15, -0.1) is 0 Å². The van der Waals surface area contributed by atoms with Crippen molar-refractivity contribution in [2.45, 2.75) is 0 Å². The first-order valence-electron chi connectivity index (χ1n) is 5.84. The molecule has 0 atom stereocenters. The van der Waals surface area contributed by atoms with E-state index >= 15 is 0 Å². The van der Waals surface area contributed by atoms with Gasteiger partial charge >= 0.3 is 0 Å². The minimum atomic E-state index is -0.348. The number of aromatic nitrogens is 1. The molecule has 0 spiro atoms. The number of fused-ring (bicyclic) bond motifs is 1. The molecule has 3 aromatic rings. The predicted octanol–water partition coefficient (Wildman–Crippen LogP) is 3.32. The van der Waals surface area contributed by atoms with Crippen molar-refractivity contribution in [2.75, 3.05) is 11.1 Å². The highest BCUT2D eigenvalue weighted by molar-refractivity contribution is 6.32.